The molecule has 1 saturated heterocycles. The minimum absolute atomic E-state index is 0.0742. The van der Waals surface area contributed by atoms with Crippen molar-refractivity contribution in [3.05, 3.63) is 0 Å². The molecule has 2 nitrogen and oxygen atoms in total. The average molecular weight is 164 g/mol. The van der Waals surface area contributed by atoms with Gasteiger partial charge in [0.05, 0.1) is 11.5 Å². The highest BCUT2D eigenvalue weighted by atomic mass is 15.1. The molecular weight excluding hydrogens is 148 g/mol. The number of nitriles is 1. The Morgan fingerprint density at radius 2 is 2.25 bits per heavy atom. The van der Waals surface area contributed by atoms with Gasteiger partial charge >= 0.3 is 0 Å². The van der Waals surface area contributed by atoms with Gasteiger partial charge in [0, 0.05) is 6.54 Å². The highest BCUT2D eigenvalue weighted by molar-refractivity contribution is 5.18. The molecule has 0 N–H and O–H groups in total. The monoisotopic (exact) mass is 164 g/mol. The van der Waals surface area contributed by atoms with Crippen LogP contribution in [0.25, 0.3) is 0 Å². The van der Waals surface area contributed by atoms with Crippen molar-refractivity contribution >= 4 is 0 Å². The van der Waals surface area contributed by atoms with Gasteiger partial charge in [-0.05, 0) is 38.3 Å². The van der Waals surface area contributed by atoms with Crippen LogP contribution >= 0.6 is 0 Å². The third-order valence-corrected chi connectivity index (χ3v) is 3.69. The molecule has 1 aliphatic heterocycles. The van der Waals surface area contributed by atoms with Gasteiger partial charge < -0.3 is 4.90 Å². The summed E-state index contributed by atoms with van der Waals surface area (Å²) in [5, 5.41) is 9.11. The van der Waals surface area contributed by atoms with Gasteiger partial charge in [-0.15, -0.1) is 0 Å². The standard InChI is InChI=1S/C10H16N2/c1-8-5-10(8,7-11)9-3-4-12(2)6-9/h8-9H,3-6H2,1-2H3. The minimum atomic E-state index is 0.0742. The molecule has 66 valence electrons. The van der Waals surface area contributed by atoms with E-state index < -0.39 is 0 Å². The minimum Gasteiger partial charge on any atom is -0.306 e. The van der Waals surface area contributed by atoms with Gasteiger partial charge in [0.2, 0.25) is 0 Å². The largest absolute Gasteiger partial charge is 0.306 e. The highest BCUT2D eigenvalue weighted by Gasteiger charge is 2.57. The first kappa shape index (κ1) is 8.07. The van der Waals surface area contributed by atoms with Crippen molar-refractivity contribution in [2.45, 2.75) is 19.8 Å². The molecule has 0 aromatic carbocycles. The van der Waals surface area contributed by atoms with Gasteiger partial charge in [0.25, 0.3) is 0 Å². The third kappa shape index (κ3) is 0.964. The van der Waals surface area contributed by atoms with E-state index in [1.54, 1.807) is 0 Å². The summed E-state index contributed by atoms with van der Waals surface area (Å²) in [5.74, 6) is 1.31. The molecule has 0 aromatic rings. The molecular formula is C10H16N2. The summed E-state index contributed by atoms with van der Waals surface area (Å²) in [6.45, 7) is 4.53. The Morgan fingerprint density at radius 3 is 2.58 bits per heavy atom. The SMILES string of the molecule is CC1CC1(C#N)C1CCN(C)C1. The fraction of sp³-hybridized carbons (Fsp3) is 0.900. The number of hydrogen-bond acceptors (Lipinski definition) is 2. The van der Waals surface area contributed by atoms with Gasteiger partial charge in [-0.3, -0.25) is 0 Å². The lowest BCUT2D eigenvalue weighted by Gasteiger charge is -2.15. The molecule has 2 heteroatoms. The summed E-state index contributed by atoms with van der Waals surface area (Å²) < 4.78 is 0. The fourth-order valence-corrected chi connectivity index (χ4v) is 2.62. The second-order valence-corrected chi connectivity index (χ2v) is 4.51. The first-order chi connectivity index (χ1) is 5.69. The van der Waals surface area contributed by atoms with Crippen molar-refractivity contribution in [3.63, 3.8) is 0 Å². The van der Waals surface area contributed by atoms with Crippen LogP contribution in [0, 0.1) is 28.6 Å². The smallest absolute Gasteiger partial charge is 0.0696 e. The molecule has 1 aliphatic carbocycles. The van der Waals surface area contributed by atoms with Crippen LogP contribution in [-0.2, 0) is 0 Å². The highest BCUT2D eigenvalue weighted by Crippen LogP contribution is 2.59. The molecule has 1 heterocycles. The number of nitrogens with zero attached hydrogens (tertiary/aromatic N) is 2. The third-order valence-electron chi connectivity index (χ3n) is 3.69. The van der Waals surface area contributed by atoms with Crippen molar-refractivity contribution in [2.24, 2.45) is 17.3 Å². The van der Waals surface area contributed by atoms with Crippen LogP contribution < -0.4 is 0 Å². The zero-order valence-electron chi connectivity index (χ0n) is 7.88. The van der Waals surface area contributed by atoms with Crippen molar-refractivity contribution in [1.82, 2.24) is 4.90 Å². The van der Waals surface area contributed by atoms with Crippen LogP contribution in [0.5, 0.6) is 0 Å². The van der Waals surface area contributed by atoms with Crippen molar-refractivity contribution < 1.29 is 0 Å². The summed E-state index contributed by atoms with van der Waals surface area (Å²) in [4.78, 5) is 2.34. The normalized spacial score (nSPS) is 47.4. The second-order valence-electron chi connectivity index (χ2n) is 4.51. The predicted octanol–water partition coefficient (Wildman–Crippen LogP) is 1.49. The molecule has 2 fully saturated rings. The van der Waals surface area contributed by atoms with E-state index in [9.17, 15) is 0 Å². The Morgan fingerprint density at radius 1 is 1.58 bits per heavy atom. The molecule has 0 amide bonds. The van der Waals surface area contributed by atoms with Gasteiger partial charge in [0.1, 0.15) is 0 Å². The topological polar surface area (TPSA) is 27.0 Å². The summed E-state index contributed by atoms with van der Waals surface area (Å²) in [6.07, 6.45) is 2.37. The Balaban J connectivity index is 2.06. The van der Waals surface area contributed by atoms with E-state index in [0.29, 0.717) is 11.8 Å². The second kappa shape index (κ2) is 2.47. The summed E-state index contributed by atoms with van der Waals surface area (Å²) in [7, 11) is 2.15. The molecule has 0 bridgehead atoms. The Bertz CT molecular complexity index is 230. The van der Waals surface area contributed by atoms with E-state index in [1.165, 1.54) is 13.0 Å². The number of likely N-dealkylation sites (tertiary alicyclic amines) is 1. The first-order valence-corrected chi connectivity index (χ1v) is 4.79. The molecule has 3 unspecified atom stereocenters. The summed E-state index contributed by atoms with van der Waals surface area (Å²) in [6, 6.07) is 2.54. The Kier molecular flexibility index (Phi) is 1.66. The predicted molar refractivity (Wildman–Crippen MR) is 47.4 cm³/mol. The lowest BCUT2D eigenvalue weighted by molar-refractivity contribution is 0.337. The van der Waals surface area contributed by atoms with Crippen molar-refractivity contribution in [2.75, 3.05) is 20.1 Å². The van der Waals surface area contributed by atoms with Crippen LogP contribution in [0.2, 0.25) is 0 Å². The maximum absolute atomic E-state index is 9.11. The van der Waals surface area contributed by atoms with Crippen LogP contribution in [-0.4, -0.2) is 25.0 Å². The van der Waals surface area contributed by atoms with E-state index >= 15 is 0 Å². The zero-order valence-corrected chi connectivity index (χ0v) is 7.88. The summed E-state index contributed by atoms with van der Waals surface area (Å²) in [5.41, 5.74) is 0.0742. The van der Waals surface area contributed by atoms with Crippen molar-refractivity contribution in [1.29, 1.82) is 5.26 Å². The molecule has 3 atom stereocenters. The van der Waals surface area contributed by atoms with E-state index in [4.69, 9.17) is 5.26 Å². The lowest BCUT2D eigenvalue weighted by atomic mass is 9.88. The van der Waals surface area contributed by atoms with Crippen LogP contribution in [0.15, 0.2) is 0 Å². The number of rotatable bonds is 1. The van der Waals surface area contributed by atoms with E-state index in [-0.39, 0.29) is 5.41 Å². The van der Waals surface area contributed by atoms with Crippen molar-refractivity contribution in [3.8, 4) is 6.07 Å². The maximum Gasteiger partial charge on any atom is 0.0696 e. The molecule has 2 aliphatic rings. The van der Waals surface area contributed by atoms with Crippen LogP contribution in [0.3, 0.4) is 0 Å². The quantitative estimate of drug-likeness (QED) is 0.587. The van der Waals surface area contributed by atoms with Gasteiger partial charge in [-0.2, -0.15) is 5.26 Å². The molecule has 0 aromatic heterocycles. The lowest BCUT2D eigenvalue weighted by Crippen LogP contribution is -2.20. The van der Waals surface area contributed by atoms with Gasteiger partial charge in [-0.1, -0.05) is 6.92 Å². The zero-order chi connectivity index (χ0) is 8.77. The number of hydrogen-bond donors (Lipinski definition) is 0. The molecule has 0 spiro atoms. The van der Waals surface area contributed by atoms with Crippen LogP contribution in [0.4, 0.5) is 0 Å². The molecule has 12 heavy (non-hydrogen) atoms. The van der Waals surface area contributed by atoms with Gasteiger partial charge in [-0.25, -0.2) is 0 Å². The summed E-state index contributed by atoms with van der Waals surface area (Å²) >= 11 is 0. The Hall–Kier alpha value is -0.550. The molecule has 2 rings (SSSR count). The Labute approximate surface area is 74.2 Å². The first-order valence-electron chi connectivity index (χ1n) is 4.79. The fourth-order valence-electron chi connectivity index (χ4n) is 2.62. The van der Waals surface area contributed by atoms with E-state index in [1.807, 2.05) is 0 Å². The van der Waals surface area contributed by atoms with E-state index in [2.05, 4.69) is 24.9 Å². The van der Waals surface area contributed by atoms with Crippen LogP contribution in [0.1, 0.15) is 19.8 Å². The molecule has 1 saturated carbocycles. The molecule has 0 radical (unpaired) electrons. The van der Waals surface area contributed by atoms with E-state index in [0.717, 1.165) is 13.0 Å². The maximum atomic E-state index is 9.11. The van der Waals surface area contributed by atoms with Gasteiger partial charge in [0.15, 0.2) is 0 Å². The average Bonchev–Trinajstić information content (AvgIpc) is 2.50.